The number of rotatable bonds is 5. The second-order valence-corrected chi connectivity index (χ2v) is 6.74. The summed E-state index contributed by atoms with van der Waals surface area (Å²) in [4.78, 5) is 13.3. The maximum atomic E-state index is 13.1. The van der Waals surface area contributed by atoms with Crippen LogP contribution in [0.5, 0.6) is 5.75 Å². The summed E-state index contributed by atoms with van der Waals surface area (Å²) in [7, 11) is -4.72. The zero-order chi connectivity index (χ0) is 15.6. The van der Waals surface area contributed by atoms with Crippen molar-refractivity contribution in [3.63, 3.8) is 0 Å². The van der Waals surface area contributed by atoms with Crippen LogP contribution >= 0.6 is 0 Å². The molecule has 1 aromatic carbocycles. The summed E-state index contributed by atoms with van der Waals surface area (Å²) in [5.41, 5.74) is 1.45. The van der Waals surface area contributed by atoms with Crippen LogP contribution in [0, 0.1) is 6.92 Å². The van der Waals surface area contributed by atoms with Crippen molar-refractivity contribution in [3.8, 4) is 5.75 Å². The molecule has 1 aliphatic heterocycles. The lowest BCUT2D eigenvalue weighted by Crippen LogP contribution is -2.27. The predicted octanol–water partition coefficient (Wildman–Crippen LogP) is 2.19. The zero-order valence-corrected chi connectivity index (χ0v) is 12.8. The summed E-state index contributed by atoms with van der Waals surface area (Å²) in [5, 5.41) is -1.30. The van der Waals surface area contributed by atoms with E-state index in [0.29, 0.717) is 18.0 Å². The standard InChI is InChI=1S/C14H18FNO4S/c1-3-6-20-13-7-10(2)4-5-12(13)16-9-11(8-14(16)17)21(15,18)19/h4-5,7,11H,3,6,8-9H2,1-2H3. The molecule has 2 rings (SSSR count). The Labute approximate surface area is 123 Å². The molecule has 7 heteroatoms. The van der Waals surface area contributed by atoms with E-state index in [2.05, 4.69) is 0 Å². The van der Waals surface area contributed by atoms with Gasteiger partial charge in [-0.2, -0.15) is 8.42 Å². The van der Waals surface area contributed by atoms with Gasteiger partial charge in [-0.05, 0) is 31.0 Å². The first-order valence-corrected chi connectivity index (χ1v) is 8.25. The second kappa shape index (κ2) is 6.01. The van der Waals surface area contributed by atoms with Crippen LogP contribution in [0.3, 0.4) is 0 Å². The molecule has 0 N–H and O–H groups in total. The van der Waals surface area contributed by atoms with E-state index in [9.17, 15) is 17.1 Å². The number of aryl methyl sites for hydroxylation is 1. The van der Waals surface area contributed by atoms with E-state index in [1.165, 1.54) is 4.90 Å². The highest BCUT2D eigenvalue weighted by molar-refractivity contribution is 7.87. The Morgan fingerprint density at radius 2 is 2.14 bits per heavy atom. The maximum absolute atomic E-state index is 13.1. The van der Waals surface area contributed by atoms with Crippen molar-refractivity contribution in [1.82, 2.24) is 0 Å². The lowest BCUT2D eigenvalue weighted by molar-refractivity contribution is -0.117. The Bertz CT molecular complexity index is 644. The molecule has 21 heavy (non-hydrogen) atoms. The van der Waals surface area contributed by atoms with Crippen molar-refractivity contribution < 1.29 is 21.8 Å². The molecule has 1 unspecified atom stereocenters. The number of benzene rings is 1. The molecule has 1 amide bonds. The van der Waals surface area contributed by atoms with Crippen LogP contribution in [0.1, 0.15) is 25.3 Å². The van der Waals surface area contributed by atoms with E-state index in [1.54, 1.807) is 18.2 Å². The van der Waals surface area contributed by atoms with Gasteiger partial charge in [0.2, 0.25) is 5.91 Å². The van der Waals surface area contributed by atoms with Crippen molar-refractivity contribution >= 4 is 21.8 Å². The molecule has 0 saturated carbocycles. The van der Waals surface area contributed by atoms with Gasteiger partial charge in [-0.1, -0.05) is 13.0 Å². The Balaban J connectivity index is 2.31. The fourth-order valence-electron chi connectivity index (χ4n) is 2.27. The first kappa shape index (κ1) is 15.8. The molecular weight excluding hydrogens is 297 g/mol. The third-order valence-electron chi connectivity index (χ3n) is 3.36. The van der Waals surface area contributed by atoms with E-state index in [1.807, 2.05) is 13.8 Å². The molecule has 1 aliphatic rings. The van der Waals surface area contributed by atoms with E-state index in [-0.39, 0.29) is 13.0 Å². The zero-order valence-electron chi connectivity index (χ0n) is 12.0. The number of carbonyl (C=O) groups excluding carboxylic acids is 1. The van der Waals surface area contributed by atoms with Crippen LogP contribution in [0.4, 0.5) is 9.57 Å². The van der Waals surface area contributed by atoms with E-state index in [4.69, 9.17) is 4.74 Å². The van der Waals surface area contributed by atoms with Crippen molar-refractivity contribution in [2.45, 2.75) is 31.9 Å². The molecule has 0 spiro atoms. The van der Waals surface area contributed by atoms with Gasteiger partial charge in [0.05, 0.1) is 12.3 Å². The summed E-state index contributed by atoms with van der Waals surface area (Å²) >= 11 is 0. The van der Waals surface area contributed by atoms with Crippen molar-refractivity contribution in [3.05, 3.63) is 23.8 Å². The van der Waals surface area contributed by atoms with Gasteiger partial charge in [0.1, 0.15) is 11.0 Å². The molecule has 1 fully saturated rings. The van der Waals surface area contributed by atoms with E-state index in [0.717, 1.165) is 12.0 Å². The number of hydrogen-bond donors (Lipinski definition) is 0. The number of hydrogen-bond acceptors (Lipinski definition) is 4. The summed E-state index contributed by atoms with van der Waals surface area (Å²) in [6.07, 6.45) is 0.475. The number of anilines is 1. The van der Waals surface area contributed by atoms with Gasteiger partial charge in [0, 0.05) is 13.0 Å². The topological polar surface area (TPSA) is 63.7 Å². The minimum atomic E-state index is -4.72. The third-order valence-corrected chi connectivity index (χ3v) is 4.47. The number of nitrogens with zero attached hydrogens (tertiary/aromatic N) is 1. The van der Waals surface area contributed by atoms with Gasteiger partial charge in [-0.25, -0.2) is 0 Å². The highest BCUT2D eigenvalue weighted by atomic mass is 32.3. The lowest BCUT2D eigenvalue weighted by atomic mass is 10.2. The molecule has 0 bridgehead atoms. The molecular formula is C14H18FNO4S. The number of amides is 1. The van der Waals surface area contributed by atoms with Crippen LogP contribution < -0.4 is 9.64 Å². The Morgan fingerprint density at radius 3 is 2.71 bits per heavy atom. The Kier molecular flexibility index (Phi) is 4.51. The number of halogens is 1. The van der Waals surface area contributed by atoms with Crippen molar-refractivity contribution in [2.24, 2.45) is 0 Å². The minimum absolute atomic E-state index is 0.177. The minimum Gasteiger partial charge on any atom is -0.491 e. The van der Waals surface area contributed by atoms with Crippen molar-refractivity contribution in [2.75, 3.05) is 18.1 Å². The first-order chi connectivity index (χ1) is 9.82. The third kappa shape index (κ3) is 3.53. The van der Waals surface area contributed by atoms with Gasteiger partial charge < -0.3 is 9.64 Å². The van der Waals surface area contributed by atoms with Gasteiger partial charge in [-0.3, -0.25) is 4.79 Å². The van der Waals surface area contributed by atoms with E-state index < -0.39 is 21.4 Å². The quantitative estimate of drug-likeness (QED) is 0.781. The average molecular weight is 315 g/mol. The fourth-order valence-corrected chi connectivity index (χ4v) is 2.94. The van der Waals surface area contributed by atoms with Gasteiger partial charge in [0.15, 0.2) is 0 Å². The highest BCUT2D eigenvalue weighted by Gasteiger charge is 2.39. The summed E-state index contributed by atoms with van der Waals surface area (Å²) in [6, 6.07) is 5.29. The highest BCUT2D eigenvalue weighted by Crippen LogP contribution is 2.34. The monoisotopic (exact) mass is 315 g/mol. The van der Waals surface area contributed by atoms with Crippen molar-refractivity contribution in [1.29, 1.82) is 0 Å². The van der Waals surface area contributed by atoms with Crippen LogP contribution in [0.15, 0.2) is 18.2 Å². The average Bonchev–Trinajstić information content (AvgIpc) is 2.78. The first-order valence-electron chi connectivity index (χ1n) is 6.80. The molecule has 1 saturated heterocycles. The molecule has 1 heterocycles. The summed E-state index contributed by atoms with van der Waals surface area (Å²) < 4.78 is 40.7. The summed E-state index contributed by atoms with van der Waals surface area (Å²) in [6.45, 7) is 4.16. The lowest BCUT2D eigenvalue weighted by Gasteiger charge is -2.20. The van der Waals surface area contributed by atoms with Crippen LogP contribution in [-0.2, 0) is 15.0 Å². The van der Waals surface area contributed by atoms with Gasteiger partial charge >= 0.3 is 10.2 Å². The predicted molar refractivity (Wildman–Crippen MR) is 77.8 cm³/mol. The van der Waals surface area contributed by atoms with E-state index >= 15 is 0 Å². The molecule has 0 aromatic heterocycles. The Hall–Kier alpha value is -1.63. The van der Waals surface area contributed by atoms with Gasteiger partial charge in [-0.15, -0.1) is 3.89 Å². The molecule has 0 radical (unpaired) electrons. The molecule has 0 aliphatic carbocycles. The Morgan fingerprint density at radius 1 is 1.43 bits per heavy atom. The van der Waals surface area contributed by atoms with Crippen LogP contribution in [-0.4, -0.2) is 32.7 Å². The molecule has 5 nitrogen and oxygen atoms in total. The smallest absolute Gasteiger partial charge is 0.307 e. The van der Waals surface area contributed by atoms with Crippen LogP contribution in [0.2, 0.25) is 0 Å². The number of carbonyl (C=O) groups is 1. The van der Waals surface area contributed by atoms with Crippen LogP contribution in [0.25, 0.3) is 0 Å². The largest absolute Gasteiger partial charge is 0.491 e. The fraction of sp³-hybridized carbons (Fsp3) is 0.500. The maximum Gasteiger partial charge on any atom is 0.307 e. The van der Waals surface area contributed by atoms with Gasteiger partial charge in [0.25, 0.3) is 0 Å². The molecule has 1 aromatic rings. The molecule has 1 atom stereocenters. The number of ether oxygens (including phenoxy) is 1. The summed E-state index contributed by atoms with van der Waals surface area (Å²) in [5.74, 6) is 0.105. The molecule has 116 valence electrons. The normalized spacial score (nSPS) is 19.1. The SMILES string of the molecule is CCCOc1cc(C)ccc1N1CC(S(=O)(=O)F)CC1=O. The second-order valence-electron chi connectivity index (χ2n) is 5.13.